The predicted molar refractivity (Wildman–Crippen MR) is 71.0 cm³/mol. The zero-order valence-corrected chi connectivity index (χ0v) is 12.1. The predicted octanol–water partition coefficient (Wildman–Crippen LogP) is 0.956. The van der Waals surface area contributed by atoms with E-state index in [1.165, 1.54) is 14.2 Å². The van der Waals surface area contributed by atoms with E-state index in [4.69, 9.17) is 4.74 Å². The lowest BCUT2D eigenvalue weighted by atomic mass is 10.3. The number of likely N-dealkylation sites (N-methyl/N-ethyl adjacent to an activating group) is 1. The second-order valence-corrected chi connectivity index (χ2v) is 6.23. The van der Waals surface area contributed by atoms with Crippen molar-refractivity contribution in [1.29, 1.82) is 0 Å². The minimum atomic E-state index is -3.90. The van der Waals surface area contributed by atoms with Crippen LogP contribution in [0.5, 0.6) is 5.75 Å². The van der Waals surface area contributed by atoms with Gasteiger partial charge in [-0.15, -0.1) is 0 Å². The van der Waals surface area contributed by atoms with E-state index in [-0.39, 0.29) is 11.5 Å². The summed E-state index contributed by atoms with van der Waals surface area (Å²) in [5.41, 5.74) is -0.654. The fourth-order valence-corrected chi connectivity index (χ4v) is 2.93. The maximum Gasteiger partial charge on any atom is 0.312 e. The van der Waals surface area contributed by atoms with Gasteiger partial charge in [-0.1, -0.05) is 0 Å². The van der Waals surface area contributed by atoms with E-state index in [2.05, 4.69) is 0 Å². The summed E-state index contributed by atoms with van der Waals surface area (Å²) in [5.74, 6) is -0.582. The van der Waals surface area contributed by atoms with Crippen molar-refractivity contribution in [3.8, 4) is 5.75 Å². The molecule has 1 unspecified atom stereocenters. The van der Waals surface area contributed by atoms with Crippen molar-refractivity contribution in [3.63, 3.8) is 0 Å². The van der Waals surface area contributed by atoms with Crippen molar-refractivity contribution >= 4 is 15.7 Å². The van der Waals surface area contributed by atoms with Crippen molar-refractivity contribution < 1.29 is 23.2 Å². The number of hydrogen-bond acceptors (Lipinski definition) is 6. The fraction of sp³-hybridized carbons (Fsp3) is 0.455. The molecule has 0 bridgehead atoms. The van der Waals surface area contributed by atoms with Gasteiger partial charge in [0.1, 0.15) is 0 Å². The van der Waals surface area contributed by atoms with Gasteiger partial charge in [0.15, 0.2) is 5.75 Å². The van der Waals surface area contributed by atoms with Crippen molar-refractivity contribution in [2.24, 2.45) is 0 Å². The molecule has 0 saturated carbocycles. The first-order chi connectivity index (χ1) is 9.21. The Hall–Kier alpha value is -1.71. The lowest BCUT2D eigenvalue weighted by Crippen LogP contribution is -2.37. The first-order valence-electron chi connectivity index (χ1n) is 5.66. The Morgan fingerprint density at radius 3 is 2.60 bits per heavy atom. The number of nitrogens with zero attached hydrogens (tertiary/aromatic N) is 2. The normalized spacial score (nSPS) is 13.4. The van der Waals surface area contributed by atoms with Crippen molar-refractivity contribution in [2.75, 3.05) is 20.8 Å². The zero-order valence-electron chi connectivity index (χ0n) is 11.3. The number of hydrogen-bond donors (Lipinski definition) is 1. The molecular weight excluding hydrogens is 288 g/mol. The van der Waals surface area contributed by atoms with E-state index in [1.54, 1.807) is 6.92 Å². The summed E-state index contributed by atoms with van der Waals surface area (Å²) in [6.07, 6.45) is 0. The number of benzene rings is 1. The largest absolute Gasteiger partial charge is 0.502 e. The van der Waals surface area contributed by atoms with Crippen LogP contribution in [0.15, 0.2) is 23.1 Å². The van der Waals surface area contributed by atoms with E-state index in [0.717, 1.165) is 22.5 Å². The maximum absolute atomic E-state index is 12.3. The second kappa shape index (κ2) is 6.16. The lowest BCUT2D eigenvalue weighted by Gasteiger charge is -2.23. The van der Waals surface area contributed by atoms with Gasteiger partial charge < -0.3 is 9.84 Å². The molecular formula is C11H16N2O6S. The van der Waals surface area contributed by atoms with Crippen LogP contribution >= 0.6 is 0 Å². The van der Waals surface area contributed by atoms with Crippen molar-refractivity contribution in [3.05, 3.63) is 28.3 Å². The Morgan fingerprint density at radius 2 is 2.10 bits per heavy atom. The summed E-state index contributed by atoms with van der Waals surface area (Å²) in [4.78, 5) is 9.63. The van der Waals surface area contributed by atoms with Gasteiger partial charge in [0, 0.05) is 26.3 Å². The Labute approximate surface area is 116 Å². The SMILES string of the molecule is COCC(C)N(C)S(=O)(=O)c1ccc(O)c([N+](=O)[O-])c1. The van der Waals surface area contributed by atoms with Gasteiger partial charge in [0.05, 0.1) is 16.4 Å². The van der Waals surface area contributed by atoms with E-state index < -0.39 is 32.4 Å². The number of sulfonamides is 1. The van der Waals surface area contributed by atoms with Crippen molar-refractivity contribution in [1.82, 2.24) is 4.31 Å². The van der Waals surface area contributed by atoms with Crippen LogP contribution in [0, 0.1) is 10.1 Å². The lowest BCUT2D eigenvalue weighted by molar-refractivity contribution is -0.386. The summed E-state index contributed by atoms with van der Waals surface area (Å²) in [7, 11) is -1.09. The van der Waals surface area contributed by atoms with E-state index >= 15 is 0 Å². The molecule has 1 atom stereocenters. The van der Waals surface area contributed by atoms with E-state index in [0.29, 0.717) is 0 Å². The molecule has 0 saturated heterocycles. The summed E-state index contributed by atoms with van der Waals surface area (Å²) >= 11 is 0. The third-order valence-corrected chi connectivity index (χ3v) is 4.82. The highest BCUT2D eigenvalue weighted by molar-refractivity contribution is 7.89. The molecule has 0 aliphatic heterocycles. The molecule has 0 fully saturated rings. The topological polar surface area (TPSA) is 110 Å². The third-order valence-electron chi connectivity index (χ3n) is 2.85. The van der Waals surface area contributed by atoms with Crippen LogP contribution in [0.4, 0.5) is 5.69 Å². The Morgan fingerprint density at radius 1 is 1.50 bits per heavy atom. The van der Waals surface area contributed by atoms with Gasteiger partial charge >= 0.3 is 5.69 Å². The molecule has 0 spiro atoms. The molecule has 20 heavy (non-hydrogen) atoms. The number of phenolic OH excluding ortho intramolecular Hbond substituents is 1. The van der Waals surface area contributed by atoms with Gasteiger partial charge in [-0.05, 0) is 19.1 Å². The summed E-state index contributed by atoms with van der Waals surface area (Å²) in [5, 5.41) is 20.1. The van der Waals surface area contributed by atoms with Crippen LogP contribution in [-0.4, -0.2) is 49.6 Å². The van der Waals surface area contributed by atoms with Crippen LogP contribution in [0.2, 0.25) is 0 Å². The van der Waals surface area contributed by atoms with Gasteiger partial charge in [-0.3, -0.25) is 10.1 Å². The van der Waals surface area contributed by atoms with Gasteiger partial charge in [0.2, 0.25) is 10.0 Å². The molecule has 1 N–H and O–H groups in total. The highest BCUT2D eigenvalue weighted by Crippen LogP contribution is 2.29. The molecule has 0 amide bonds. The highest BCUT2D eigenvalue weighted by Gasteiger charge is 2.28. The van der Waals surface area contributed by atoms with Gasteiger partial charge in [0.25, 0.3) is 0 Å². The smallest absolute Gasteiger partial charge is 0.312 e. The molecule has 9 heteroatoms. The van der Waals surface area contributed by atoms with Gasteiger partial charge in [-0.25, -0.2) is 8.42 Å². The van der Waals surface area contributed by atoms with Crippen LogP contribution < -0.4 is 0 Å². The molecule has 1 aromatic rings. The maximum atomic E-state index is 12.3. The minimum absolute atomic E-state index is 0.190. The first kappa shape index (κ1) is 16.3. The zero-order chi connectivity index (χ0) is 15.5. The molecule has 0 aromatic heterocycles. The molecule has 8 nitrogen and oxygen atoms in total. The molecule has 112 valence electrons. The average molecular weight is 304 g/mol. The second-order valence-electron chi connectivity index (χ2n) is 4.23. The van der Waals surface area contributed by atoms with Crippen LogP contribution in [0.25, 0.3) is 0 Å². The number of ether oxygens (including phenoxy) is 1. The van der Waals surface area contributed by atoms with Crippen LogP contribution in [0.1, 0.15) is 6.92 Å². The monoisotopic (exact) mass is 304 g/mol. The number of nitro benzene ring substituents is 1. The number of methoxy groups -OCH3 is 1. The van der Waals surface area contributed by atoms with Crippen LogP contribution in [-0.2, 0) is 14.8 Å². The number of nitro groups is 1. The molecule has 0 radical (unpaired) electrons. The quantitative estimate of drug-likeness (QED) is 0.619. The molecule has 1 rings (SSSR count). The number of rotatable bonds is 6. The standard InChI is InChI=1S/C11H16N2O6S/c1-8(7-19-3)12(2)20(17,18)9-4-5-11(14)10(6-9)13(15)16/h4-6,8,14H,7H2,1-3H3. The highest BCUT2D eigenvalue weighted by atomic mass is 32.2. The fourth-order valence-electron chi connectivity index (χ4n) is 1.56. The molecule has 0 aliphatic rings. The van der Waals surface area contributed by atoms with Crippen molar-refractivity contribution in [2.45, 2.75) is 17.9 Å². The van der Waals surface area contributed by atoms with Crippen LogP contribution in [0.3, 0.4) is 0 Å². The minimum Gasteiger partial charge on any atom is -0.502 e. The van der Waals surface area contributed by atoms with E-state index in [9.17, 15) is 23.6 Å². The van der Waals surface area contributed by atoms with Gasteiger partial charge in [-0.2, -0.15) is 4.31 Å². The van der Waals surface area contributed by atoms with E-state index in [1.807, 2.05) is 0 Å². The Bertz CT molecular complexity index is 601. The first-order valence-corrected chi connectivity index (χ1v) is 7.10. The third kappa shape index (κ3) is 3.24. The molecule has 0 aliphatic carbocycles. The summed E-state index contributed by atoms with van der Waals surface area (Å²) in [6, 6.07) is 2.51. The Kier molecular flexibility index (Phi) is 5.03. The Balaban J connectivity index is 3.22. The number of aromatic hydroxyl groups is 1. The summed E-state index contributed by atoms with van der Waals surface area (Å²) < 4.78 is 30.5. The molecule has 1 aromatic carbocycles. The number of phenols is 1. The summed E-state index contributed by atoms with van der Waals surface area (Å²) in [6.45, 7) is 1.84. The molecule has 0 heterocycles. The average Bonchev–Trinajstić information content (AvgIpc) is 2.37.